The molecule has 0 saturated carbocycles. The Bertz CT molecular complexity index is 942. The molecule has 0 aliphatic carbocycles. The molecule has 0 bridgehead atoms. The number of cyclic esters (lactones) is 1. The first-order valence-corrected chi connectivity index (χ1v) is 10.6. The molecule has 1 fully saturated rings. The molecule has 2 N–H and O–H groups in total. The van der Waals surface area contributed by atoms with Crippen molar-refractivity contribution in [2.45, 2.75) is 30.3 Å². The first kappa shape index (κ1) is 20.0. The fourth-order valence-corrected chi connectivity index (χ4v) is 3.96. The summed E-state index contributed by atoms with van der Waals surface area (Å²) in [5.74, 6) is -1.47. The highest BCUT2D eigenvalue weighted by atomic mass is 32.2. The fourth-order valence-electron chi connectivity index (χ4n) is 2.91. The molecule has 1 unspecified atom stereocenters. The highest BCUT2D eigenvalue weighted by Crippen LogP contribution is 2.18. The van der Waals surface area contributed by atoms with E-state index in [0.717, 1.165) is 5.56 Å². The molecule has 2 aromatic rings. The van der Waals surface area contributed by atoms with E-state index in [4.69, 9.17) is 4.74 Å². The third kappa shape index (κ3) is 4.76. The standard InChI is InChI=1S/C20H22N2O5S/c1-14-7-9-16(10-8-14)28(25,26)13-21-19(23)18(15-5-3-2-4-6-15)22-17-11-12-27-20(17)24/h2-10,17-18,22H,11-13H2,1H3,(H,21,23)/t17-,18?/m0/s1. The minimum absolute atomic E-state index is 0.141. The second kappa shape index (κ2) is 8.53. The molecule has 0 spiro atoms. The quantitative estimate of drug-likeness (QED) is 0.681. The molecule has 0 aromatic heterocycles. The number of esters is 1. The van der Waals surface area contributed by atoms with Crippen LogP contribution >= 0.6 is 0 Å². The summed E-state index contributed by atoms with van der Waals surface area (Å²) in [7, 11) is -3.68. The molecular formula is C20H22N2O5S. The average Bonchev–Trinajstić information content (AvgIpc) is 3.10. The molecule has 2 atom stereocenters. The Kier molecular flexibility index (Phi) is 6.11. The van der Waals surface area contributed by atoms with E-state index in [0.29, 0.717) is 18.6 Å². The summed E-state index contributed by atoms with van der Waals surface area (Å²) >= 11 is 0. The van der Waals surface area contributed by atoms with Gasteiger partial charge in [0, 0.05) is 6.42 Å². The third-order valence-corrected chi connectivity index (χ3v) is 6.03. The average molecular weight is 402 g/mol. The molecule has 2 aromatic carbocycles. The van der Waals surface area contributed by atoms with Crippen LogP contribution in [0.2, 0.25) is 0 Å². The number of nitrogens with one attached hydrogen (secondary N) is 2. The van der Waals surface area contributed by atoms with Crippen LogP contribution in [0.4, 0.5) is 0 Å². The maximum absolute atomic E-state index is 12.8. The normalized spacial score (nSPS) is 17.8. The van der Waals surface area contributed by atoms with Gasteiger partial charge in [0.05, 0.1) is 11.5 Å². The summed E-state index contributed by atoms with van der Waals surface area (Å²) in [4.78, 5) is 24.7. The van der Waals surface area contributed by atoms with E-state index in [1.165, 1.54) is 12.1 Å². The first-order valence-electron chi connectivity index (χ1n) is 8.91. The molecule has 28 heavy (non-hydrogen) atoms. The second-order valence-corrected chi connectivity index (χ2v) is 8.62. The van der Waals surface area contributed by atoms with Crippen LogP contribution in [-0.2, 0) is 24.2 Å². The molecule has 148 valence electrons. The predicted octanol–water partition coefficient (Wildman–Crippen LogP) is 1.49. The summed E-state index contributed by atoms with van der Waals surface area (Å²) in [5, 5.41) is 5.47. The van der Waals surface area contributed by atoms with E-state index >= 15 is 0 Å². The van der Waals surface area contributed by atoms with Crippen molar-refractivity contribution in [3.8, 4) is 0 Å². The number of ether oxygens (including phenoxy) is 1. The Morgan fingerprint density at radius 1 is 1.14 bits per heavy atom. The Labute approximate surface area is 164 Å². The zero-order valence-electron chi connectivity index (χ0n) is 15.4. The fraction of sp³-hybridized carbons (Fsp3) is 0.300. The maximum atomic E-state index is 12.8. The first-order chi connectivity index (χ1) is 13.4. The van der Waals surface area contributed by atoms with Crippen molar-refractivity contribution in [1.82, 2.24) is 10.6 Å². The van der Waals surface area contributed by atoms with Crippen molar-refractivity contribution >= 4 is 21.7 Å². The van der Waals surface area contributed by atoms with Gasteiger partial charge in [-0.1, -0.05) is 48.0 Å². The number of carbonyl (C=O) groups is 2. The summed E-state index contributed by atoms with van der Waals surface area (Å²) in [6.45, 7) is 2.16. The Hall–Kier alpha value is -2.71. The van der Waals surface area contributed by atoms with E-state index in [1.54, 1.807) is 36.4 Å². The van der Waals surface area contributed by atoms with Gasteiger partial charge in [0.1, 0.15) is 18.0 Å². The van der Waals surface area contributed by atoms with Gasteiger partial charge in [-0.2, -0.15) is 0 Å². The summed E-state index contributed by atoms with van der Waals surface area (Å²) in [6, 6.07) is 13.8. The van der Waals surface area contributed by atoms with Crippen LogP contribution in [0.25, 0.3) is 0 Å². The Balaban J connectivity index is 1.73. The lowest BCUT2D eigenvalue weighted by Gasteiger charge is -2.21. The Morgan fingerprint density at radius 2 is 1.82 bits per heavy atom. The number of carbonyl (C=O) groups excluding carboxylic acids is 2. The van der Waals surface area contributed by atoms with Gasteiger partial charge in [-0.3, -0.25) is 14.9 Å². The molecule has 8 heteroatoms. The van der Waals surface area contributed by atoms with Gasteiger partial charge < -0.3 is 10.1 Å². The van der Waals surface area contributed by atoms with Crippen LogP contribution in [0, 0.1) is 6.92 Å². The molecule has 1 saturated heterocycles. The minimum atomic E-state index is -3.68. The van der Waals surface area contributed by atoms with Crippen molar-refractivity contribution in [3.05, 3.63) is 65.7 Å². The third-order valence-electron chi connectivity index (χ3n) is 4.51. The van der Waals surface area contributed by atoms with Crippen molar-refractivity contribution in [2.75, 3.05) is 12.5 Å². The summed E-state index contributed by atoms with van der Waals surface area (Å²) < 4.78 is 29.9. The van der Waals surface area contributed by atoms with Crippen LogP contribution < -0.4 is 10.6 Å². The highest BCUT2D eigenvalue weighted by Gasteiger charge is 2.32. The molecule has 0 radical (unpaired) electrons. The zero-order chi connectivity index (χ0) is 20.1. The Morgan fingerprint density at radius 3 is 2.43 bits per heavy atom. The molecule has 1 aliphatic heterocycles. The van der Waals surface area contributed by atoms with E-state index in [-0.39, 0.29) is 4.90 Å². The van der Waals surface area contributed by atoms with E-state index < -0.39 is 39.7 Å². The number of hydrogen-bond acceptors (Lipinski definition) is 6. The SMILES string of the molecule is Cc1ccc(S(=O)(=O)CNC(=O)C(N[C@H]2CCOC2=O)c2ccccc2)cc1. The number of sulfone groups is 1. The van der Waals surface area contributed by atoms with Crippen LogP contribution in [-0.4, -0.2) is 38.8 Å². The lowest BCUT2D eigenvalue weighted by Crippen LogP contribution is -2.45. The zero-order valence-corrected chi connectivity index (χ0v) is 16.2. The largest absolute Gasteiger partial charge is 0.464 e. The van der Waals surface area contributed by atoms with Crippen LogP contribution in [0.1, 0.15) is 23.6 Å². The van der Waals surface area contributed by atoms with Gasteiger partial charge >= 0.3 is 5.97 Å². The number of amides is 1. The minimum Gasteiger partial charge on any atom is -0.464 e. The lowest BCUT2D eigenvalue weighted by molar-refractivity contribution is -0.140. The van der Waals surface area contributed by atoms with Gasteiger partial charge in [-0.15, -0.1) is 0 Å². The van der Waals surface area contributed by atoms with E-state index in [1.807, 2.05) is 13.0 Å². The molecule has 1 aliphatic rings. The number of benzene rings is 2. The molecule has 1 amide bonds. The molecule has 1 heterocycles. The van der Waals surface area contributed by atoms with Crippen molar-refractivity contribution in [3.63, 3.8) is 0 Å². The highest BCUT2D eigenvalue weighted by molar-refractivity contribution is 7.91. The number of aryl methyl sites for hydroxylation is 1. The number of rotatable bonds is 7. The molecule has 3 rings (SSSR count). The molecular weight excluding hydrogens is 380 g/mol. The maximum Gasteiger partial charge on any atom is 0.323 e. The van der Waals surface area contributed by atoms with Gasteiger partial charge in [-0.05, 0) is 24.6 Å². The monoisotopic (exact) mass is 402 g/mol. The molecule has 7 nitrogen and oxygen atoms in total. The van der Waals surface area contributed by atoms with Crippen LogP contribution in [0.15, 0.2) is 59.5 Å². The second-order valence-electron chi connectivity index (χ2n) is 6.63. The lowest BCUT2D eigenvalue weighted by atomic mass is 10.0. The van der Waals surface area contributed by atoms with Gasteiger partial charge in [0.2, 0.25) is 5.91 Å². The summed E-state index contributed by atoms with van der Waals surface area (Å²) in [6.07, 6.45) is 0.455. The van der Waals surface area contributed by atoms with Crippen molar-refractivity contribution in [1.29, 1.82) is 0 Å². The summed E-state index contributed by atoms with van der Waals surface area (Å²) in [5.41, 5.74) is 1.58. The van der Waals surface area contributed by atoms with Crippen molar-refractivity contribution in [2.24, 2.45) is 0 Å². The van der Waals surface area contributed by atoms with E-state index in [2.05, 4.69) is 10.6 Å². The predicted molar refractivity (Wildman–Crippen MR) is 103 cm³/mol. The van der Waals surface area contributed by atoms with Gasteiger partial charge in [-0.25, -0.2) is 8.42 Å². The topological polar surface area (TPSA) is 102 Å². The van der Waals surface area contributed by atoms with Crippen LogP contribution in [0.5, 0.6) is 0 Å². The van der Waals surface area contributed by atoms with Crippen molar-refractivity contribution < 1.29 is 22.7 Å². The smallest absolute Gasteiger partial charge is 0.323 e. The van der Waals surface area contributed by atoms with E-state index in [9.17, 15) is 18.0 Å². The van der Waals surface area contributed by atoms with Gasteiger partial charge in [0.25, 0.3) is 0 Å². The number of hydrogen-bond donors (Lipinski definition) is 2. The van der Waals surface area contributed by atoms with Crippen LogP contribution in [0.3, 0.4) is 0 Å². The van der Waals surface area contributed by atoms with Gasteiger partial charge in [0.15, 0.2) is 9.84 Å².